The van der Waals surface area contributed by atoms with Crippen LogP contribution in [0.25, 0.3) is 0 Å². The summed E-state index contributed by atoms with van der Waals surface area (Å²) in [5.41, 5.74) is -0.404. The van der Waals surface area contributed by atoms with Crippen LogP contribution in [0, 0.1) is 0 Å². The molecule has 0 aromatic rings. The van der Waals surface area contributed by atoms with Gasteiger partial charge in [-0.3, -0.25) is 14.9 Å². The van der Waals surface area contributed by atoms with Crippen LogP contribution >= 0.6 is 0 Å². The van der Waals surface area contributed by atoms with Crippen molar-refractivity contribution in [1.82, 2.24) is 5.32 Å². The maximum atomic E-state index is 10.6. The van der Waals surface area contributed by atoms with E-state index in [1.54, 1.807) is 20.8 Å². The van der Waals surface area contributed by atoms with Crippen molar-refractivity contribution in [2.75, 3.05) is 0 Å². The first-order valence-electron chi connectivity index (χ1n) is 3.94. The molecule has 0 heterocycles. The van der Waals surface area contributed by atoms with Crippen molar-refractivity contribution < 1.29 is 19.8 Å². The van der Waals surface area contributed by atoms with Crippen LogP contribution in [0.4, 0.5) is 0 Å². The molecule has 3 N–H and O–H groups in total. The predicted molar refractivity (Wildman–Crippen MR) is 46.6 cm³/mol. The highest BCUT2D eigenvalue weighted by molar-refractivity contribution is 5.80. The van der Waals surface area contributed by atoms with Crippen molar-refractivity contribution in [2.45, 2.75) is 38.8 Å². The van der Waals surface area contributed by atoms with Crippen LogP contribution in [0.2, 0.25) is 0 Å². The van der Waals surface area contributed by atoms with Crippen LogP contribution in [-0.4, -0.2) is 33.7 Å². The van der Waals surface area contributed by atoms with Crippen molar-refractivity contribution in [1.29, 1.82) is 0 Å². The molecule has 0 saturated carbocycles. The topological polar surface area (TPSA) is 86.6 Å². The van der Waals surface area contributed by atoms with E-state index in [0.29, 0.717) is 0 Å². The van der Waals surface area contributed by atoms with E-state index in [9.17, 15) is 9.59 Å². The largest absolute Gasteiger partial charge is 0.481 e. The van der Waals surface area contributed by atoms with E-state index in [1.165, 1.54) is 0 Å². The summed E-state index contributed by atoms with van der Waals surface area (Å²) in [7, 11) is 0. The first-order chi connectivity index (χ1) is 5.72. The van der Waals surface area contributed by atoms with E-state index in [1.807, 2.05) is 0 Å². The molecule has 0 spiro atoms. The van der Waals surface area contributed by atoms with E-state index < -0.39 is 29.9 Å². The van der Waals surface area contributed by atoms with E-state index in [2.05, 4.69) is 5.32 Å². The van der Waals surface area contributed by atoms with E-state index in [0.717, 1.165) is 0 Å². The number of hydrogen-bond donors (Lipinski definition) is 3. The molecule has 0 saturated heterocycles. The van der Waals surface area contributed by atoms with Crippen molar-refractivity contribution in [3.63, 3.8) is 0 Å². The van der Waals surface area contributed by atoms with Crippen molar-refractivity contribution in [3.05, 3.63) is 0 Å². The van der Waals surface area contributed by atoms with E-state index in [4.69, 9.17) is 10.2 Å². The van der Waals surface area contributed by atoms with Gasteiger partial charge in [-0.15, -0.1) is 0 Å². The molecule has 0 aromatic carbocycles. The lowest BCUT2D eigenvalue weighted by molar-refractivity contribution is -0.146. The molecule has 0 amide bonds. The molecule has 0 unspecified atom stereocenters. The third kappa shape index (κ3) is 6.10. The summed E-state index contributed by atoms with van der Waals surface area (Å²) < 4.78 is 0. The Morgan fingerprint density at radius 1 is 1.31 bits per heavy atom. The van der Waals surface area contributed by atoms with Gasteiger partial charge in [0.15, 0.2) is 0 Å². The number of hydrogen-bond acceptors (Lipinski definition) is 3. The van der Waals surface area contributed by atoms with Crippen LogP contribution in [0.15, 0.2) is 0 Å². The normalized spacial score (nSPS) is 13.8. The Morgan fingerprint density at radius 3 is 2.00 bits per heavy atom. The molecular formula is C8H15NO4. The van der Waals surface area contributed by atoms with Gasteiger partial charge >= 0.3 is 11.9 Å². The summed E-state index contributed by atoms with van der Waals surface area (Å²) >= 11 is 0. The average Bonchev–Trinajstić information content (AvgIpc) is 1.81. The summed E-state index contributed by atoms with van der Waals surface area (Å²) in [6.07, 6.45) is -0.410. The first-order valence-corrected chi connectivity index (χ1v) is 3.94. The summed E-state index contributed by atoms with van der Waals surface area (Å²) in [5.74, 6) is -2.26. The monoisotopic (exact) mass is 189 g/mol. The molecule has 0 aliphatic carbocycles. The smallest absolute Gasteiger partial charge is 0.321 e. The summed E-state index contributed by atoms with van der Waals surface area (Å²) in [5, 5.41) is 19.8. The molecule has 0 radical (unpaired) electrons. The highest BCUT2D eigenvalue weighted by Crippen LogP contribution is 2.04. The van der Waals surface area contributed by atoms with Crippen LogP contribution in [0.1, 0.15) is 27.2 Å². The maximum absolute atomic E-state index is 10.6. The Balaban J connectivity index is 4.27. The second-order valence-corrected chi connectivity index (χ2v) is 3.88. The van der Waals surface area contributed by atoms with Gasteiger partial charge in [0.25, 0.3) is 0 Å². The van der Waals surface area contributed by atoms with Gasteiger partial charge in [0, 0.05) is 5.54 Å². The fraction of sp³-hybridized carbons (Fsp3) is 0.750. The van der Waals surface area contributed by atoms with Gasteiger partial charge in [-0.05, 0) is 20.8 Å². The quantitative estimate of drug-likeness (QED) is 0.592. The Labute approximate surface area is 76.8 Å². The average molecular weight is 189 g/mol. The van der Waals surface area contributed by atoms with Crippen LogP contribution in [0.3, 0.4) is 0 Å². The number of carboxylic acids is 2. The third-order valence-corrected chi connectivity index (χ3v) is 1.28. The lowest BCUT2D eigenvalue weighted by atomic mass is 10.1. The fourth-order valence-electron chi connectivity index (χ4n) is 0.897. The molecular weight excluding hydrogens is 174 g/mol. The number of carbonyl (C=O) groups is 2. The number of nitrogens with one attached hydrogen (secondary N) is 1. The Morgan fingerprint density at radius 2 is 1.77 bits per heavy atom. The van der Waals surface area contributed by atoms with Gasteiger partial charge in [0.05, 0.1) is 6.42 Å². The van der Waals surface area contributed by atoms with Gasteiger partial charge < -0.3 is 10.2 Å². The highest BCUT2D eigenvalue weighted by atomic mass is 16.4. The maximum Gasteiger partial charge on any atom is 0.321 e. The minimum absolute atomic E-state index is 0.404. The minimum Gasteiger partial charge on any atom is -0.481 e. The fourth-order valence-corrected chi connectivity index (χ4v) is 0.897. The Hall–Kier alpha value is -1.10. The van der Waals surface area contributed by atoms with Gasteiger partial charge in [-0.25, -0.2) is 0 Å². The first kappa shape index (κ1) is 11.9. The summed E-state index contributed by atoms with van der Waals surface area (Å²) in [6.45, 7) is 5.35. The Kier molecular flexibility index (Phi) is 3.87. The molecule has 13 heavy (non-hydrogen) atoms. The lowest BCUT2D eigenvalue weighted by Crippen LogP contribution is -2.48. The lowest BCUT2D eigenvalue weighted by Gasteiger charge is -2.24. The van der Waals surface area contributed by atoms with E-state index in [-0.39, 0.29) is 0 Å². The van der Waals surface area contributed by atoms with Crippen LogP contribution < -0.4 is 5.32 Å². The zero-order valence-electron chi connectivity index (χ0n) is 8.00. The third-order valence-electron chi connectivity index (χ3n) is 1.28. The highest BCUT2D eigenvalue weighted by Gasteiger charge is 2.25. The standard InChI is InChI=1S/C8H15NO4/c1-8(2,3)9-5(7(12)13)4-6(10)11/h5,9H,4H2,1-3H3,(H,10,11)(H,12,13)/t5-/m0/s1. The zero-order valence-corrected chi connectivity index (χ0v) is 8.00. The molecule has 0 aliphatic rings. The molecule has 0 aliphatic heterocycles. The molecule has 0 rings (SSSR count). The summed E-state index contributed by atoms with van der Waals surface area (Å²) in [4.78, 5) is 20.9. The Bertz CT molecular complexity index is 207. The SMILES string of the molecule is CC(C)(C)N[C@@H](CC(=O)O)C(=O)O. The van der Waals surface area contributed by atoms with Crippen molar-refractivity contribution in [3.8, 4) is 0 Å². The summed E-state index contributed by atoms with van der Waals surface area (Å²) in [6, 6.07) is -1.03. The molecule has 5 nitrogen and oxygen atoms in total. The van der Waals surface area contributed by atoms with Crippen molar-refractivity contribution in [2.24, 2.45) is 0 Å². The second kappa shape index (κ2) is 4.23. The predicted octanol–water partition coefficient (Wildman–Crippen LogP) is 0.302. The van der Waals surface area contributed by atoms with Gasteiger partial charge in [0.1, 0.15) is 6.04 Å². The van der Waals surface area contributed by atoms with Gasteiger partial charge in [-0.1, -0.05) is 0 Å². The molecule has 76 valence electrons. The van der Waals surface area contributed by atoms with Gasteiger partial charge in [0.2, 0.25) is 0 Å². The van der Waals surface area contributed by atoms with Crippen molar-refractivity contribution >= 4 is 11.9 Å². The molecule has 0 aromatic heterocycles. The zero-order chi connectivity index (χ0) is 10.6. The number of aliphatic carboxylic acids is 2. The number of carboxylic acid groups (broad SMARTS) is 2. The molecule has 0 fully saturated rings. The van der Waals surface area contributed by atoms with Crippen LogP contribution in [0.5, 0.6) is 0 Å². The van der Waals surface area contributed by atoms with E-state index >= 15 is 0 Å². The van der Waals surface area contributed by atoms with Gasteiger partial charge in [-0.2, -0.15) is 0 Å². The van der Waals surface area contributed by atoms with Crippen LogP contribution in [-0.2, 0) is 9.59 Å². The minimum atomic E-state index is -1.14. The second-order valence-electron chi connectivity index (χ2n) is 3.88. The molecule has 1 atom stereocenters. The number of rotatable bonds is 4. The molecule has 5 heteroatoms. The molecule has 0 bridgehead atoms.